The highest BCUT2D eigenvalue weighted by atomic mass is 16.5. The van der Waals surface area contributed by atoms with Gasteiger partial charge in [0.05, 0.1) is 7.11 Å². The van der Waals surface area contributed by atoms with Gasteiger partial charge in [-0.1, -0.05) is 66.7 Å². The van der Waals surface area contributed by atoms with Crippen LogP contribution in [-0.2, 0) is 19.6 Å². The minimum Gasteiger partial charge on any atom is -0.493 e. The lowest BCUT2D eigenvalue weighted by molar-refractivity contribution is 0.283. The van der Waals surface area contributed by atoms with Crippen molar-refractivity contribution >= 4 is 16.5 Å². The molecular weight excluding hydrogens is 382 g/mol. The van der Waals surface area contributed by atoms with E-state index in [4.69, 9.17) is 9.47 Å². The summed E-state index contributed by atoms with van der Waals surface area (Å²) >= 11 is 0. The first-order valence-electron chi connectivity index (χ1n) is 10.5. The van der Waals surface area contributed by atoms with Crippen molar-refractivity contribution < 1.29 is 9.47 Å². The summed E-state index contributed by atoms with van der Waals surface area (Å²) < 4.78 is 12.0. The van der Waals surface area contributed by atoms with Crippen LogP contribution in [0.4, 0.5) is 5.69 Å². The number of para-hydroxylation sites is 1. The molecule has 0 spiro atoms. The normalized spacial score (nSPS) is 10.6. The van der Waals surface area contributed by atoms with Crippen molar-refractivity contribution in [2.24, 2.45) is 0 Å². The van der Waals surface area contributed by atoms with E-state index in [0.717, 1.165) is 33.9 Å². The van der Waals surface area contributed by atoms with Crippen molar-refractivity contribution in [3.05, 3.63) is 114 Å². The molecule has 0 saturated carbocycles. The Morgan fingerprint density at radius 1 is 0.871 bits per heavy atom. The average Bonchev–Trinajstić information content (AvgIpc) is 2.82. The van der Waals surface area contributed by atoms with Crippen molar-refractivity contribution in [3.8, 4) is 11.5 Å². The van der Waals surface area contributed by atoms with Gasteiger partial charge in [0.1, 0.15) is 6.61 Å². The Labute approximate surface area is 184 Å². The fourth-order valence-corrected chi connectivity index (χ4v) is 3.78. The van der Waals surface area contributed by atoms with Gasteiger partial charge in [-0.15, -0.1) is 6.58 Å². The van der Waals surface area contributed by atoms with Crippen molar-refractivity contribution in [1.82, 2.24) is 0 Å². The third-order valence-corrected chi connectivity index (χ3v) is 5.30. The van der Waals surface area contributed by atoms with E-state index in [-0.39, 0.29) is 0 Å². The highest BCUT2D eigenvalue weighted by molar-refractivity contribution is 5.85. The van der Waals surface area contributed by atoms with Crippen LogP contribution in [-0.4, -0.2) is 7.11 Å². The van der Waals surface area contributed by atoms with Crippen LogP contribution >= 0.6 is 0 Å². The topological polar surface area (TPSA) is 30.5 Å². The van der Waals surface area contributed by atoms with Gasteiger partial charge in [-0.25, -0.2) is 0 Å². The van der Waals surface area contributed by atoms with Gasteiger partial charge in [0.2, 0.25) is 0 Å². The lowest BCUT2D eigenvalue weighted by Gasteiger charge is -2.18. The molecule has 0 unspecified atom stereocenters. The lowest BCUT2D eigenvalue weighted by Crippen LogP contribution is -2.05. The number of hydrogen-bond donors (Lipinski definition) is 1. The number of benzene rings is 4. The first-order valence-corrected chi connectivity index (χ1v) is 10.5. The molecule has 0 aromatic heterocycles. The molecule has 4 aromatic carbocycles. The minimum atomic E-state index is 0.476. The maximum atomic E-state index is 6.33. The molecule has 0 amide bonds. The Kier molecular flexibility index (Phi) is 6.53. The molecule has 0 bridgehead atoms. The van der Waals surface area contributed by atoms with Crippen molar-refractivity contribution in [1.29, 1.82) is 0 Å². The summed E-state index contributed by atoms with van der Waals surface area (Å²) in [4.78, 5) is 0. The van der Waals surface area contributed by atoms with Crippen molar-refractivity contribution in [2.75, 3.05) is 12.4 Å². The van der Waals surface area contributed by atoms with Gasteiger partial charge in [-0.2, -0.15) is 0 Å². The Bertz CT molecular complexity index is 1160. The van der Waals surface area contributed by atoms with E-state index in [1.807, 2.05) is 30.3 Å². The number of rotatable bonds is 9. The molecule has 0 saturated heterocycles. The Morgan fingerprint density at radius 3 is 2.45 bits per heavy atom. The number of allylic oxidation sites excluding steroid dienone is 1. The van der Waals surface area contributed by atoms with Crippen LogP contribution in [0.2, 0.25) is 0 Å². The summed E-state index contributed by atoms with van der Waals surface area (Å²) in [6.45, 7) is 5.10. The summed E-state index contributed by atoms with van der Waals surface area (Å²) in [6, 6.07) is 29.1. The monoisotopic (exact) mass is 409 g/mol. The van der Waals surface area contributed by atoms with Gasteiger partial charge in [0.25, 0.3) is 0 Å². The Morgan fingerprint density at radius 2 is 1.65 bits per heavy atom. The number of methoxy groups -OCH3 is 1. The van der Waals surface area contributed by atoms with Gasteiger partial charge in [-0.05, 0) is 52.6 Å². The molecule has 1 N–H and O–H groups in total. The molecule has 3 heteroatoms. The molecule has 4 aromatic rings. The number of nitrogens with one attached hydrogen (secondary N) is 1. The zero-order valence-corrected chi connectivity index (χ0v) is 17.8. The van der Waals surface area contributed by atoms with Crippen molar-refractivity contribution in [3.63, 3.8) is 0 Å². The molecule has 0 atom stereocenters. The van der Waals surface area contributed by atoms with E-state index in [9.17, 15) is 0 Å². The van der Waals surface area contributed by atoms with Gasteiger partial charge in [-0.3, -0.25) is 0 Å². The molecule has 0 aliphatic carbocycles. The molecule has 4 rings (SSSR count). The fraction of sp³-hybridized carbons (Fsp3) is 0.143. The summed E-state index contributed by atoms with van der Waals surface area (Å²) in [7, 11) is 1.69. The second kappa shape index (κ2) is 9.86. The van der Waals surface area contributed by atoms with Crippen molar-refractivity contribution in [2.45, 2.75) is 19.6 Å². The SMILES string of the molecule is C=CCc1cc(CNc2ccccc2)cc(OC)c1OCc1cccc2ccccc12. The average molecular weight is 410 g/mol. The second-order valence-electron chi connectivity index (χ2n) is 7.43. The van der Waals surface area contributed by atoms with Crippen LogP contribution in [0.25, 0.3) is 10.8 Å². The fourth-order valence-electron chi connectivity index (χ4n) is 3.78. The first kappa shape index (κ1) is 20.5. The first-order chi connectivity index (χ1) is 15.3. The molecule has 0 fully saturated rings. The maximum Gasteiger partial charge on any atom is 0.165 e. The van der Waals surface area contributed by atoms with Gasteiger partial charge in [0, 0.05) is 17.8 Å². The molecule has 0 aliphatic heterocycles. The summed E-state index contributed by atoms with van der Waals surface area (Å²) in [5, 5.41) is 5.88. The number of hydrogen-bond acceptors (Lipinski definition) is 3. The summed E-state index contributed by atoms with van der Waals surface area (Å²) in [5.41, 5.74) is 4.44. The van der Waals surface area contributed by atoms with Crippen LogP contribution in [0.15, 0.2) is 97.6 Å². The third-order valence-electron chi connectivity index (χ3n) is 5.30. The Hall–Kier alpha value is -3.72. The van der Waals surface area contributed by atoms with Gasteiger partial charge >= 0.3 is 0 Å². The summed E-state index contributed by atoms with van der Waals surface area (Å²) in [6.07, 6.45) is 2.61. The van der Waals surface area contributed by atoms with Crippen LogP contribution in [0, 0.1) is 0 Å². The standard InChI is InChI=1S/C28H27NO2/c1-3-10-23-17-21(19-29-25-14-5-4-6-15-25)18-27(30-2)28(23)31-20-24-13-9-12-22-11-7-8-16-26(22)24/h3-9,11-18,29H,1,10,19-20H2,2H3. The van der Waals surface area contributed by atoms with Gasteiger partial charge < -0.3 is 14.8 Å². The number of ether oxygens (including phenoxy) is 2. The van der Waals surface area contributed by atoms with E-state index >= 15 is 0 Å². The number of anilines is 1. The zero-order valence-electron chi connectivity index (χ0n) is 17.8. The quantitative estimate of drug-likeness (QED) is 0.310. The summed E-state index contributed by atoms with van der Waals surface area (Å²) in [5.74, 6) is 1.52. The number of fused-ring (bicyclic) bond motifs is 1. The molecule has 3 nitrogen and oxygen atoms in total. The van der Waals surface area contributed by atoms with Crippen LogP contribution in [0.3, 0.4) is 0 Å². The van der Waals surface area contributed by atoms with E-state index in [2.05, 4.69) is 72.6 Å². The highest BCUT2D eigenvalue weighted by Gasteiger charge is 2.14. The minimum absolute atomic E-state index is 0.476. The molecule has 31 heavy (non-hydrogen) atoms. The molecular formula is C28H27NO2. The predicted octanol–water partition coefficient (Wildman–Crippen LogP) is 6.77. The third kappa shape index (κ3) is 4.89. The lowest BCUT2D eigenvalue weighted by atomic mass is 10.0. The second-order valence-corrected chi connectivity index (χ2v) is 7.43. The molecule has 0 radical (unpaired) electrons. The van der Waals surface area contributed by atoms with Crippen LogP contribution < -0.4 is 14.8 Å². The van der Waals surface area contributed by atoms with E-state index < -0.39 is 0 Å². The smallest absolute Gasteiger partial charge is 0.165 e. The predicted molar refractivity (Wildman–Crippen MR) is 129 cm³/mol. The van der Waals surface area contributed by atoms with E-state index in [0.29, 0.717) is 19.6 Å². The Balaban J connectivity index is 1.59. The molecule has 0 heterocycles. The van der Waals surface area contributed by atoms with E-state index in [1.54, 1.807) is 7.11 Å². The van der Waals surface area contributed by atoms with Gasteiger partial charge in [0.15, 0.2) is 11.5 Å². The maximum absolute atomic E-state index is 6.33. The largest absolute Gasteiger partial charge is 0.493 e. The highest BCUT2D eigenvalue weighted by Crippen LogP contribution is 2.35. The van der Waals surface area contributed by atoms with E-state index in [1.165, 1.54) is 10.8 Å². The zero-order chi connectivity index (χ0) is 21.5. The molecule has 0 aliphatic rings. The molecule has 156 valence electrons. The van der Waals surface area contributed by atoms with Crippen LogP contribution in [0.5, 0.6) is 11.5 Å². The van der Waals surface area contributed by atoms with Crippen LogP contribution in [0.1, 0.15) is 16.7 Å².